The second-order valence-electron chi connectivity index (χ2n) is 3.95. The molecule has 0 bridgehead atoms. The summed E-state index contributed by atoms with van der Waals surface area (Å²) in [5.74, 6) is 1.23. The molecule has 20 heavy (non-hydrogen) atoms. The molecular formula is C15H11N3S2. The Labute approximate surface area is 125 Å². The van der Waals surface area contributed by atoms with Crippen molar-refractivity contribution in [2.75, 3.05) is 0 Å². The van der Waals surface area contributed by atoms with Crippen molar-refractivity contribution >= 4 is 47.2 Å². The standard InChI is InChI=1S/C15H11N3S2/c1-16-14-5-2-6-15(18-14)17-10-11-7-8-13(20-11)12-4-3-9-19-12/h2-10H,1H2/b17-10+. The zero-order chi connectivity index (χ0) is 13.8. The summed E-state index contributed by atoms with van der Waals surface area (Å²) in [5, 5.41) is 2.08. The Hall–Kier alpha value is -2.11. The van der Waals surface area contributed by atoms with E-state index in [1.807, 2.05) is 18.3 Å². The van der Waals surface area contributed by atoms with Gasteiger partial charge in [-0.25, -0.2) is 15.0 Å². The van der Waals surface area contributed by atoms with Gasteiger partial charge in [0.25, 0.3) is 0 Å². The van der Waals surface area contributed by atoms with Crippen LogP contribution in [-0.2, 0) is 0 Å². The van der Waals surface area contributed by atoms with E-state index in [1.165, 1.54) is 9.75 Å². The molecule has 0 amide bonds. The van der Waals surface area contributed by atoms with E-state index in [1.54, 1.807) is 28.7 Å². The SMILES string of the molecule is C=Nc1cccc(/N=C/c2ccc(-c3cccs3)s2)n1. The highest BCUT2D eigenvalue weighted by atomic mass is 32.1. The van der Waals surface area contributed by atoms with Crippen LogP contribution in [0.2, 0.25) is 0 Å². The van der Waals surface area contributed by atoms with Gasteiger partial charge in [0.1, 0.15) is 0 Å². The molecule has 0 atom stereocenters. The van der Waals surface area contributed by atoms with Crippen LogP contribution in [0.1, 0.15) is 4.88 Å². The fourth-order valence-corrected chi connectivity index (χ4v) is 3.39. The molecule has 3 nitrogen and oxygen atoms in total. The van der Waals surface area contributed by atoms with Crippen molar-refractivity contribution in [3.05, 3.63) is 52.7 Å². The van der Waals surface area contributed by atoms with Crippen LogP contribution in [0.4, 0.5) is 11.6 Å². The number of aliphatic imine (C=N–C) groups is 2. The molecular weight excluding hydrogens is 286 g/mol. The highest BCUT2D eigenvalue weighted by Crippen LogP contribution is 2.31. The lowest BCUT2D eigenvalue weighted by Crippen LogP contribution is -1.76. The van der Waals surface area contributed by atoms with E-state index in [0.717, 1.165) is 4.88 Å². The van der Waals surface area contributed by atoms with Crippen molar-refractivity contribution in [2.45, 2.75) is 0 Å². The van der Waals surface area contributed by atoms with Gasteiger partial charge in [0.15, 0.2) is 11.6 Å². The summed E-state index contributed by atoms with van der Waals surface area (Å²) in [6.07, 6.45) is 1.83. The van der Waals surface area contributed by atoms with E-state index in [-0.39, 0.29) is 0 Å². The summed E-state index contributed by atoms with van der Waals surface area (Å²) in [6.45, 7) is 3.46. The molecule has 0 spiro atoms. The molecule has 98 valence electrons. The first kappa shape index (κ1) is 12.9. The number of rotatable bonds is 4. The maximum atomic E-state index is 4.37. The molecule has 0 fully saturated rings. The van der Waals surface area contributed by atoms with Gasteiger partial charge in [0.2, 0.25) is 0 Å². The van der Waals surface area contributed by atoms with Crippen molar-refractivity contribution in [2.24, 2.45) is 9.98 Å². The summed E-state index contributed by atoms with van der Waals surface area (Å²) in [7, 11) is 0. The molecule has 0 aliphatic rings. The van der Waals surface area contributed by atoms with Gasteiger partial charge in [-0.05, 0) is 42.4 Å². The Morgan fingerprint density at radius 2 is 1.90 bits per heavy atom. The predicted molar refractivity (Wildman–Crippen MR) is 88.3 cm³/mol. The molecule has 3 aromatic rings. The van der Waals surface area contributed by atoms with Gasteiger partial charge in [-0.15, -0.1) is 22.7 Å². The van der Waals surface area contributed by atoms with Gasteiger partial charge >= 0.3 is 0 Å². The summed E-state index contributed by atoms with van der Waals surface area (Å²) < 4.78 is 0. The maximum Gasteiger partial charge on any atom is 0.154 e. The molecule has 3 aromatic heterocycles. The van der Waals surface area contributed by atoms with Crippen molar-refractivity contribution in [1.29, 1.82) is 0 Å². The van der Waals surface area contributed by atoms with E-state index in [0.29, 0.717) is 11.6 Å². The van der Waals surface area contributed by atoms with Gasteiger partial charge in [-0.1, -0.05) is 12.1 Å². The Morgan fingerprint density at radius 1 is 1.00 bits per heavy atom. The number of nitrogens with zero attached hydrogens (tertiary/aromatic N) is 3. The third-order valence-corrected chi connectivity index (χ3v) is 4.68. The van der Waals surface area contributed by atoms with Crippen LogP contribution >= 0.6 is 22.7 Å². The minimum atomic E-state index is 0.588. The Morgan fingerprint density at radius 3 is 2.70 bits per heavy atom. The second-order valence-corrected chi connectivity index (χ2v) is 6.01. The molecule has 0 saturated heterocycles. The molecule has 0 radical (unpaired) electrons. The lowest BCUT2D eigenvalue weighted by Gasteiger charge is -1.93. The first-order chi connectivity index (χ1) is 9.85. The third kappa shape index (κ3) is 2.89. The van der Waals surface area contributed by atoms with E-state index >= 15 is 0 Å². The maximum absolute atomic E-state index is 4.37. The number of pyridine rings is 1. The first-order valence-electron chi connectivity index (χ1n) is 5.97. The number of hydrogen-bond donors (Lipinski definition) is 0. The van der Waals surface area contributed by atoms with Crippen LogP contribution in [0.5, 0.6) is 0 Å². The highest BCUT2D eigenvalue weighted by molar-refractivity contribution is 7.22. The highest BCUT2D eigenvalue weighted by Gasteiger charge is 2.02. The van der Waals surface area contributed by atoms with Crippen LogP contribution in [0, 0.1) is 0 Å². The predicted octanol–water partition coefficient (Wildman–Crippen LogP) is 4.95. The summed E-state index contributed by atoms with van der Waals surface area (Å²) in [5.41, 5.74) is 0. The number of thiophene rings is 2. The zero-order valence-electron chi connectivity index (χ0n) is 10.6. The largest absolute Gasteiger partial charge is 0.245 e. The minimum Gasteiger partial charge on any atom is -0.245 e. The van der Waals surface area contributed by atoms with Crippen molar-refractivity contribution in [1.82, 2.24) is 4.98 Å². The van der Waals surface area contributed by atoms with Crippen LogP contribution in [0.3, 0.4) is 0 Å². The lowest BCUT2D eigenvalue weighted by molar-refractivity contribution is 1.25. The summed E-state index contributed by atoms with van der Waals surface area (Å²) in [6, 6.07) is 13.9. The molecule has 0 aliphatic carbocycles. The van der Waals surface area contributed by atoms with Gasteiger partial charge in [-0.3, -0.25) is 0 Å². The first-order valence-corrected chi connectivity index (χ1v) is 7.66. The quantitative estimate of drug-likeness (QED) is 0.627. The summed E-state index contributed by atoms with van der Waals surface area (Å²) in [4.78, 5) is 16.1. The fraction of sp³-hybridized carbons (Fsp3) is 0. The third-order valence-electron chi connectivity index (χ3n) is 2.60. The van der Waals surface area contributed by atoms with Crippen LogP contribution < -0.4 is 0 Å². The number of hydrogen-bond acceptors (Lipinski definition) is 5. The topological polar surface area (TPSA) is 37.6 Å². The smallest absolute Gasteiger partial charge is 0.154 e. The zero-order valence-corrected chi connectivity index (χ0v) is 12.2. The number of aromatic nitrogens is 1. The average molecular weight is 297 g/mol. The van der Waals surface area contributed by atoms with E-state index in [2.05, 4.69) is 51.3 Å². The molecule has 0 N–H and O–H groups in total. The monoisotopic (exact) mass is 297 g/mol. The fourth-order valence-electron chi connectivity index (χ4n) is 1.68. The van der Waals surface area contributed by atoms with Crippen molar-refractivity contribution in [3.8, 4) is 9.75 Å². The summed E-state index contributed by atoms with van der Waals surface area (Å²) >= 11 is 3.46. The second kappa shape index (κ2) is 5.90. The van der Waals surface area contributed by atoms with E-state index in [9.17, 15) is 0 Å². The van der Waals surface area contributed by atoms with Gasteiger partial charge in [0, 0.05) is 20.8 Å². The van der Waals surface area contributed by atoms with Crippen molar-refractivity contribution < 1.29 is 0 Å². The van der Waals surface area contributed by atoms with E-state index in [4.69, 9.17) is 0 Å². The van der Waals surface area contributed by atoms with Gasteiger partial charge < -0.3 is 0 Å². The minimum absolute atomic E-state index is 0.588. The Balaban J connectivity index is 1.80. The lowest BCUT2D eigenvalue weighted by atomic mass is 10.4. The normalized spacial score (nSPS) is 11.0. The van der Waals surface area contributed by atoms with E-state index < -0.39 is 0 Å². The molecule has 5 heteroatoms. The van der Waals surface area contributed by atoms with Gasteiger partial charge in [0.05, 0.1) is 0 Å². The van der Waals surface area contributed by atoms with Crippen molar-refractivity contribution in [3.63, 3.8) is 0 Å². The molecule has 0 aliphatic heterocycles. The van der Waals surface area contributed by atoms with Crippen LogP contribution in [0.15, 0.2) is 57.8 Å². The molecule has 3 rings (SSSR count). The van der Waals surface area contributed by atoms with Gasteiger partial charge in [-0.2, -0.15) is 0 Å². The molecule has 0 unspecified atom stereocenters. The molecule has 0 aromatic carbocycles. The Kier molecular flexibility index (Phi) is 3.80. The molecule has 0 saturated carbocycles. The van der Waals surface area contributed by atoms with Crippen LogP contribution in [-0.4, -0.2) is 17.9 Å². The molecule has 3 heterocycles. The average Bonchev–Trinajstić information content (AvgIpc) is 3.16. The Bertz CT molecular complexity index is 742. The van der Waals surface area contributed by atoms with Crippen LogP contribution in [0.25, 0.3) is 9.75 Å².